The number of ether oxygens (including phenoxy) is 3. The molecule has 7 nitrogen and oxygen atoms in total. The molecule has 0 aliphatic carbocycles. The molecule has 0 aromatic heterocycles. The van der Waals surface area contributed by atoms with Crippen LogP contribution < -0.4 is 24.8 Å². The lowest BCUT2D eigenvalue weighted by Gasteiger charge is -2.14. The third-order valence-electron chi connectivity index (χ3n) is 4.03. The van der Waals surface area contributed by atoms with Gasteiger partial charge in [-0.15, -0.1) is 0 Å². The molecule has 148 valence electrons. The summed E-state index contributed by atoms with van der Waals surface area (Å²) in [6, 6.07) is 13.3. The maximum atomic E-state index is 8.88. The average Bonchev–Trinajstić information content (AvgIpc) is 2.75. The van der Waals surface area contributed by atoms with Gasteiger partial charge in [0.15, 0.2) is 17.5 Å². The van der Waals surface area contributed by atoms with Crippen LogP contribution >= 0.6 is 0 Å². The number of nitrogens with zero attached hydrogens (tertiary/aromatic N) is 2. The molecule has 7 heteroatoms. The summed E-state index contributed by atoms with van der Waals surface area (Å²) >= 11 is 0. The highest BCUT2D eigenvalue weighted by atomic mass is 16.5. The van der Waals surface area contributed by atoms with Crippen LogP contribution in [0.1, 0.15) is 23.6 Å². The highest BCUT2D eigenvalue weighted by Gasteiger charge is 2.13. The highest BCUT2D eigenvalue weighted by molar-refractivity contribution is 5.79. The van der Waals surface area contributed by atoms with Gasteiger partial charge in [0.05, 0.1) is 39.5 Å². The molecular formula is C21H26N4O3. The first-order chi connectivity index (χ1) is 13.6. The molecule has 0 amide bonds. The van der Waals surface area contributed by atoms with Crippen molar-refractivity contribution in [3.8, 4) is 23.3 Å². The molecule has 2 rings (SSSR count). The molecule has 0 heterocycles. The Hall–Kier alpha value is -3.40. The van der Waals surface area contributed by atoms with Crippen molar-refractivity contribution in [2.24, 2.45) is 4.99 Å². The van der Waals surface area contributed by atoms with Gasteiger partial charge >= 0.3 is 0 Å². The first-order valence-electron chi connectivity index (χ1n) is 8.95. The van der Waals surface area contributed by atoms with Crippen LogP contribution in [0.3, 0.4) is 0 Å². The van der Waals surface area contributed by atoms with Crippen LogP contribution in [0.15, 0.2) is 41.4 Å². The van der Waals surface area contributed by atoms with Crippen LogP contribution in [0, 0.1) is 11.3 Å². The number of hydrogen-bond donors (Lipinski definition) is 2. The minimum atomic E-state index is 0.444. The van der Waals surface area contributed by atoms with Crippen molar-refractivity contribution in [3.63, 3.8) is 0 Å². The molecule has 2 aromatic rings. The Morgan fingerprint density at radius 1 is 0.964 bits per heavy atom. The van der Waals surface area contributed by atoms with Gasteiger partial charge in [-0.25, -0.2) is 4.99 Å². The van der Waals surface area contributed by atoms with Crippen LogP contribution in [-0.2, 0) is 13.1 Å². The number of rotatable bonds is 8. The predicted octanol–water partition coefficient (Wildman–Crippen LogP) is 2.84. The Bertz CT molecular complexity index is 817. The van der Waals surface area contributed by atoms with Gasteiger partial charge in [0.1, 0.15) is 0 Å². The summed E-state index contributed by atoms with van der Waals surface area (Å²) in [5.74, 6) is 2.45. The zero-order valence-corrected chi connectivity index (χ0v) is 16.7. The van der Waals surface area contributed by atoms with Crippen molar-refractivity contribution in [3.05, 3.63) is 53.1 Å². The molecule has 0 unspecified atom stereocenters. The van der Waals surface area contributed by atoms with Crippen molar-refractivity contribution in [2.45, 2.75) is 20.0 Å². The summed E-state index contributed by atoms with van der Waals surface area (Å²) in [7, 11) is 4.76. The number of aliphatic imine (C=N–C) groups is 1. The number of hydrogen-bond acceptors (Lipinski definition) is 5. The monoisotopic (exact) mass is 382 g/mol. The van der Waals surface area contributed by atoms with Crippen LogP contribution in [0.2, 0.25) is 0 Å². The van der Waals surface area contributed by atoms with E-state index in [-0.39, 0.29) is 0 Å². The topological polar surface area (TPSA) is 87.9 Å². The van der Waals surface area contributed by atoms with Crippen molar-refractivity contribution in [2.75, 3.05) is 27.9 Å². The zero-order chi connectivity index (χ0) is 20.4. The number of benzene rings is 2. The van der Waals surface area contributed by atoms with Gasteiger partial charge in [-0.2, -0.15) is 5.26 Å². The van der Waals surface area contributed by atoms with E-state index in [0.29, 0.717) is 41.9 Å². The smallest absolute Gasteiger partial charge is 0.203 e. The van der Waals surface area contributed by atoms with Gasteiger partial charge in [0, 0.05) is 13.1 Å². The predicted molar refractivity (Wildman–Crippen MR) is 109 cm³/mol. The highest BCUT2D eigenvalue weighted by Crippen LogP contribution is 2.38. The average molecular weight is 382 g/mol. The van der Waals surface area contributed by atoms with E-state index in [2.05, 4.69) is 21.7 Å². The molecule has 28 heavy (non-hydrogen) atoms. The van der Waals surface area contributed by atoms with E-state index in [4.69, 9.17) is 19.5 Å². The normalized spacial score (nSPS) is 10.8. The maximum Gasteiger partial charge on any atom is 0.203 e. The molecule has 0 atom stereocenters. The Morgan fingerprint density at radius 3 is 2.11 bits per heavy atom. The quantitative estimate of drug-likeness (QED) is 0.539. The fraction of sp³-hybridized carbons (Fsp3) is 0.333. The third kappa shape index (κ3) is 5.55. The summed E-state index contributed by atoms with van der Waals surface area (Å²) in [5.41, 5.74) is 2.65. The molecule has 0 radical (unpaired) electrons. The molecule has 0 saturated heterocycles. The Kier molecular flexibility index (Phi) is 7.97. The van der Waals surface area contributed by atoms with Crippen molar-refractivity contribution in [1.82, 2.24) is 10.6 Å². The van der Waals surface area contributed by atoms with E-state index in [1.807, 2.05) is 31.2 Å². The summed E-state index contributed by atoms with van der Waals surface area (Å²) in [6.45, 7) is 3.80. The Labute approximate surface area is 166 Å². The van der Waals surface area contributed by atoms with Crippen molar-refractivity contribution < 1.29 is 14.2 Å². The van der Waals surface area contributed by atoms with Crippen molar-refractivity contribution >= 4 is 5.96 Å². The first-order valence-corrected chi connectivity index (χ1v) is 8.95. The number of nitrogens with one attached hydrogen (secondary N) is 2. The third-order valence-corrected chi connectivity index (χ3v) is 4.03. The number of nitriles is 1. The molecule has 0 spiro atoms. The van der Waals surface area contributed by atoms with E-state index in [0.717, 1.165) is 17.7 Å². The number of guanidine groups is 1. The minimum absolute atomic E-state index is 0.444. The van der Waals surface area contributed by atoms with E-state index >= 15 is 0 Å². The molecule has 0 bridgehead atoms. The Balaban J connectivity index is 2.12. The second kappa shape index (κ2) is 10.7. The lowest BCUT2D eigenvalue weighted by Crippen LogP contribution is -2.36. The van der Waals surface area contributed by atoms with Gasteiger partial charge in [0.2, 0.25) is 5.75 Å². The molecule has 0 fully saturated rings. The SMILES string of the molecule is CCNC(=NCc1cc(OC)c(OC)c(OC)c1)NCc1ccc(C#N)cc1. The van der Waals surface area contributed by atoms with Crippen LogP contribution in [0.5, 0.6) is 17.2 Å². The minimum Gasteiger partial charge on any atom is -0.493 e. The molecule has 2 aromatic carbocycles. The first kappa shape index (κ1) is 20.9. The van der Waals surface area contributed by atoms with Crippen LogP contribution in [-0.4, -0.2) is 33.8 Å². The molecule has 2 N–H and O–H groups in total. The lowest BCUT2D eigenvalue weighted by atomic mass is 10.1. The second-order valence-electron chi connectivity index (χ2n) is 5.89. The summed E-state index contributed by atoms with van der Waals surface area (Å²) in [5, 5.41) is 15.4. The molecule has 0 aliphatic rings. The van der Waals surface area contributed by atoms with Gasteiger partial charge in [-0.05, 0) is 42.3 Å². The van der Waals surface area contributed by atoms with Gasteiger partial charge in [-0.1, -0.05) is 12.1 Å². The van der Waals surface area contributed by atoms with Gasteiger partial charge in [-0.3, -0.25) is 0 Å². The van der Waals surface area contributed by atoms with E-state index in [1.165, 1.54) is 0 Å². The van der Waals surface area contributed by atoms with E-state index in [9.17, 15) is 0 Å². The van der Waals surface area contributed by atoms with Crippen LogP contribution in [0.4, 0.5) is 0 Å². The van der Waals surface area contributed by atoms with Gasteiger partial charge < -0.3 is 24.8 Å². The standard InChI is InChI=1S/C21H26N4O3/c1-5-23-21(24-13-16-8-6-15(12-22)7-9-16)25-14-17-10-18(26-2)20(28-4)19(11-17)27-3/h6-11H,5,13-14H2,1-4H3,(H2,23,24,25). The molecule has 0 saturated carbocycles. The maximum absolute atomic E-state index is 8.88. The number of methoxy groups -OCH3 is 3. The fourth-order valence-corrected chi connectivity index (χ4v) is 2.62. The Morgan fingerprint density at radius 2 is 1.61 bits per heavy atom. The fourth-order valence-electron chi connectivity index (χ4n) is 2.62. The van der Waals surface area contributed by atoms with Gasteiger partial charge in [0.25, 0.3) is 0 Å². The van der Waals surface area contributed by atoms with E-state index in [1.54, 1.807) is 33.5 Å². The summed E-state index contributed by atoms with van der Waals surface area (Å²) in [6.07, 6.45) is 0. The molecule has 0 aliphatic heterocycles. The lowest BCUT2D eigenvalue weighted by molar-refractivity contribution is 0.324. The zero-order valence-electron chi connectivity index (χ0n) is 16.7. The largest absolute Gasteiger partial charge is 0.493 e. The summed E-state index contributed by atoms with van der Waals surface area (Å²) < 4.78 is 16.1. The molecular weight excluding hydrogens is 356 g/mol. The van der Waals surface area contributed by atoms with E-state index < -0.39 is 0 Å². The second-order valence-corrected chi connectivity index (χ2v) is 5.89. The summed E-state index contributed by atoms with van der Waals surface area (Å²) in [4.78, 5) is 4.63. The van der Waals surface area contributed by atoms with Crippen molar-refractivity contribution in [1.29, 1.82) is 5.26 Å². The van der Waals surface area contributed by atoms with Crippen LogP contribution in [0.25, 0.3) is 0 Å².